The number of benzene rings is 9. The lowest BCUT2D eigenvalue weighted by molar-refractivity contribution is 0.632. The first-order valence-electron chi connectivity index (χ1n) is 21.3. The minimum absolute atomic E-state index is 0.110. The molecule has 9 aromatic carbocycles. The monoisotopic (exact) mass is 786 g/mol. The molecule has 4 heterocycles. The zero-order chi connectivity index (χ0) is 40.9. The van der Waals surface area contributed by atoms with Crippen LogP contribution in [-0.2, 0) is 10.8 Å². The van der Waals surface area contributed by atoms with Crippen molar-refractivity contribution < 1.29 is 8.83 Å². The van der Waals surface area contributed by atoms with Gasteiger partial charge in [0.15, 0.2) is 0 Å². The topological polar surface area (TPSA) is 32.8 Å². The van der Waals surface area contributed by atoms with Crippen molar-refractivity contribution in [2.75, 3.05) is 9.80 Å². The molecule has 292 valence electrons. The van der Waals surface area contributed by atoms with Crippen molar-refractivity contribution in [3.8, 4) is 0 Å². The van der Waals surface area contributed by atoms with Gasteiger partial charge in [-0.1, -0.05) is 113 Å². The number of furan rings is 2. The van der Waals surface area contributed by atoms with E-state index in [1.165, 1.54) is 50.4 Å². The molecular weight excluding hydrogens is 745 g/mol. The van der Waals surface area contributed by atoms with E-state index < -0.39 is 0 Å². The molecule has 0 amide bonds. The Morgan fingerprint density at radius 3 is 1.26 bits per heavy atom. The Morgan fingerprint density at radius 2 is 0.787 bits per heavy atom. The lowest BCUT2D eigenvalue weighted by Gasteiger charge is -2.42. The quantitative estimate of drug-likeness (QED) is 0.175. The molecule has 0 aliphatic carbocycles. The molecule has 13 rings (SSSR count). The zero-order valence-electron chi connectivity index (χ0n) is 34.8. The van der Waals surface area contributed by atoms with Crippen LogP contribution in [0.4, 0.5) is 34.1 Å². The van der Waals surface area contributed by atoms with Crippen molar-refractivity contribution in [2.45, 2.75) is 45.4 Å². The van der Waals surface area contributed by atoms with E-state index in [2.05, 4.69) is 208 Å². The molecule has 0 radical (unpaired) electrons. The molecule has 0 spiro atoms. The van der Waals surface area contributed by atoms with Crippen molar-refractivity contribution in [1.82, 2.24) is 0 Å². The van der Waals surface area contributed by atoms with Gasteiger partial charge in [0.05, 0.1) is 28.1 Å². The van der Waals surface area contributed by atoms with Crippen molar-refractivity contribution in [3.05, 3.63) is 192 Å². The second kappa shape index (κ2) is 11.9. The van der Waals surface area contributed by atoms with Gasteiger partial charge in [0.2, 0.25) is 0 Å². The lowest BCUT2D eigenvalue weighted by Crippen LogP contribution is -2.30. The van der Waals surface area contributed by atoms with Crippen LogP contribution in [0.2, 0.25) is 0 Å². The van der Waals surface area contributed by atoms with Crippen LogP contribution in [0.3, 0.4) is 0 Å². The summed E-state index contributed by atoms with van der Waals surface area (Å²) in [7, 11) is 0. The minimum atomic E-state index is -0.110. The molecule has 0 N–H and O–H groups in total. The maximum Gasteiger partial charge on any atom is 0.147 e. The molecule has 11 aromatic rings. The maximum atomic E-state index is 6.93. The average molecular weight is 787 g/mol. The highest BCUT2D eigenvalue weighted by Crippen LogP contribution is 2.54. The zero-order valence-corrected chi connectivity index (χ0v) is 34.8. The number of rotatable bonds is 2. The first-order valence-corrected chi connectivity index (χ1v) is 21.3. The van der Waals surface area contributed by atoms with Gasteiger partial charge in [-0.15, -0.1) is 0 Å². The lowest BCUT2D eigenvalue weighted by atomic mass is 9.73. The smallest absolute Gasteiger partial charge is 0.147 e. The van der Waals surface area contributed by atoms with Crippen molar-refractivity contribution >= 4 is 99.5 Å². The summed E-state index contributed by atoms with van der Waals surface area (Å²) in [6.07, 6.45) is 0. The number of para-hydroxylation sites is 4. The molecule has 0 fully saturated rings. The number of nitrogens with zero attached hydrogens (tertiary/aromatic N) is 2. The van der Waals surface area contributed by atoms with Gasteiger partial charge in [-0.3, -0.25) is 0 Å². The van der Waals surface area contributed by atoms with Crippen LogP contribution in [0.5, 0.6) is 0 Å². The molecule has 2 aliphatic rings. The SMILES string of the molecule is Cc1cc2c3cc4ccc(N5c6ccccc6C(C)(C)c6ccccc65)cc4cc3oc2c2c1oc1cc3cc(N4c5ccccc5C(C)(C)c5ccccc54)ccc3cc12. The van der Waals surface area contributed by atoms with Gasteiger partial charge in [0.25, 0.3) is 0 Å². The fourth-order valence-corrected chi connectivity index (χ4v) is 11.0. The van der Waals surface area contributed by atoms with Crippen molar-refractivity contribution in [2.24, 2.45) is 0 Å². The Labute approximate surface area is 353 Å². The summed E-state index contributed by atoms with van der Waals surface area (Å²) >= 11 is 0. The van der Waals surface area contributed by atoms with Crippen LogP contribution < -0.4 is 9.80 Å². The third kappa shape index (κ3) is 4.65. The van der Waals surface area contributed by atoms with Gasteiger partial charge in [-0.25, -0.2) is 0 Å². The molecule has 4 nitrogen and oxygen atoms in total. The van der Waals surface area contributed by atoms with Gasteiger partial charge in [-0.05, 0) is 135 Å². The summed E-state index contributed by atoms with van der Waals surface area (Å²) < 4.78 is 13.7. The fourth-order valence-electron chi connectivity index (χ4n) is 11.0. The highest BCUT2D eigenvalue weighted by Gasteiger charge is 2.38. The number of aryl methyl sites for hydroxylation is 1. The fraction of sp³-hybridized carbons (Fsp3) is 0.123. The number of hydrogen-bond donors (Lipinski definition) is 0. The van der Waals surface area contributed by atoms with Gasteiger partial charge in [0.1, 0.15) is 22.3 Å². The number of hydrogen-bond acceptors (Lipinski definition) is 4. The van der Waals surface area contributed by atoms with Crippen LogP contribution >= 0.6 is 0 Å². The van der Waals surface area contributed by atoms with E-state index >= 15 is 0 Å². The predicted molar refractivity (Wildman–Crippen MR) is 254 cm³/mol. The van der Waals surface area contributed by atoms with Gasteiger partial charge in [0, 0.05) is 38.4 Å². The van der Waals surface area contributed by atoms with E-state index in [0.717, 1.165) is 77.0 Å². The molecule has 2 aromatic heterocycles. The molecule has 2 aliphatic heterocycles. The van der Waals surface area contributed by atoms with Crippen molar-refractivity contribution in [3.63, 3.8) is 0 Å². The van der Waals surface area contributed by atoms with E-state index in [1.54, 1.807) is 0 Å². The molecule has 0 bridgehead atoms. The second-order valence-corrected chi connectivity index (χ2v) is 18.2. The van der Waals surface area contributed by atoms with Crippen LogP contribution in [-0.4, -0.2) is 0 Å². The van der Waals surface area contributed by atoms with E-state index in [9.17, 15) is 0 Å². The van der Waals surface area contributed by atoms with Crippen LogP contribution in [0.25, 0.3) is 65.4 Å². The first-order chi connectivity index (χ1) is 29.6. The second-order valence-electron chi connectivity index (χ2n) is 18.2. The van der Waals surface area contributed by atoms with Gasteiger partial charge >= 0.3 is 0 Å². The molecule has 0 atom stereocenters. The Balaban J connectivity index is 0.957. The van der Waals surface area contributed by atoms with Crippen LogP contribution in [0, 0.1) is 6.92 Å². The Kier molecular flexibility index (Phi) is 6.75. The van der Waals surface area contributed by atoms with E-state index in [4.69, 9.17) is 8.83 Å². The van der Waals surface area contributed by atoms with E-state index in [-0.39, 0.29) is 10.8 Å². The summed E-state index contributed by atoms with van der Waals surface area (Å²) in [5.41, 5.74) is 16.8. The summed E-state index contributed by atoms with van der Waals surface area (Å²) in [4.78, 5) is 4.83. The third-order valence-electron chi connectivity index (χ3n) is 14.0. The molecule has 4 heteroatoms. The summed E-state index contributed by atoms with van der Waals surface area (Å²) in [6, 6.07) is 60.2. The average Bonchev–Trinajstić information content (AvgIpc) is 3.82. The van der Waals surface area contributed by atoms with E-state index in [0.29, 0.717) is 0 Å². The Bertz CT molecular complexity index is 3600. The normalized spacial score (nSPS) is 15.2. The highest BCUT2D eigenvalue weighted by molar-refractivity contribution is 6.25. The molecule has 0 unspecified atom stereocenters. The molecule has 61 heavy (non-hydrogen) atoms. The van der Waals surface area contributed by atoms with Gasteiger partial charge < -0.3 is 18.6 Å². The number of fused-ring (bicyclic) bond motifs is 13. The van der Waals surface area contributed by atoms with Gasteiger partial charge in [-0.2, -0.15) is 0 Å². The Hall–Kier alpha value is -7.30. The maximum absolute atomic E-state index is 6.93. The van der Waals surface area contributed by atoms with E-state index in [1.807, 2.05) is 0 Å². The first kappa shape index (κ1) is 34.6. The minimum Gasteiger partial charge on any atom is -0.456 e. The summed E-state index contributed by atoms with van der Waals surface area (Å²) in [5.74, 6) is 0. The predicted octanol–water partition coefficient (Wildman–Crippen LogP) is 16.3. The van der Waals surface area contributed by atoms with Crippen LogP contribution in [0.15, 0.2) is 173 Å². The largest absolute Gasteiger partial charge is 0.456 e. The third-order valence-corrected chi connectivity index (χ3v) is 14.0. The Morgan fingerprint density at radius 1 is 0.377 bits per heavy atom. The summed E-state index contributed by atoms with van der Waals surface area (Å²) in [5, 5.41) is 8.92. The molecule has 0 saturated carbocycles. The summed E-state index contributed by atoms with van der Waals surface area (Å²) in [6.45, 7) is 11.5. The number of anilines is 6. The standard InChI is InChI=1S/C57H42N2O2/c1-33-26-41-40-29-34-22-24-38(58-47-18-10-6-14-43(47)56(2,3)44-15-7-11-19-48(44)58)27-36(34)31-51(40)61-55(41)53-42-30-35-23-25-39(28-37(35)32-52(42)60-54(33)53)59-49-20-12-8-16-45(49)57(4,5)46-17-9-13-21-50(46)59/h6-32H,1-5H3. The molecule has 0 saturated heterocycles. The van der Waals surface area contributed by atoms with Crippen LogP contribution in [0.1, 0.15) is 55.5 Å². The molecular formula is C57H42N2O2. The van der Waals surface area contributed by atoms with Crippen molar-refractivity contribution in [1.29, 1.82) is 0 Å². The highest BCUT2D eigenvalue weighted by atomic mass is 16.3.